The van der Waals surface area contributed by atoms with E-state index in [9.17, 15) is 4.79 Å². The van der Waals surface area contributed by atoms with Crippen LogP contribution in [0, 0.1) is 13.8 Å². The molecule has 2 aromatic carbocycles. The molecule has 28 heavy (non-hydrogen) atoms. The van der Waals surface area contributed by atoms with Gasteiger partial charge >= 0.3 is 6.03 Å². The first-order valence-corrected chi connectivity index (χ1v) is 8.80. The van der Waals surface area contributed by atoms with E-state index < -0.39 is 0 Å². The largest absolute Gasteiger partial charge is 0.493 e. The van der Waals surface area contributed by atoms with Crippen LogP contribution in [0.2, 0.25) is 0 Å². The van der Waals surface area contributed by atoms with Crippen LogP contribution in [0.25, 0.3) is 11.5 Å². The summed E-state index contributed by atoms with van der Waals surface area (Å²) in [6, 6.07) is 12.5. The van der Waals surface area contributed by atoms with Crippen molar-refractivity contribution in [3.63, 3.8) is 0 Å². The lowest BCUT2D eigenvalue weighted by Crippen LogP contribution is -2.28. The van der Waals surface area contributed by atoms with Gasteiger partial charge in [-0.05, 0) is 49.7 Å². The summed E-state index contributed by atoms with van der Waals surface area (Å²) in [7, 11) is 3.16. The molecule has 2 N–H and O–H groups in total. The number of nitrogens with zero attached hydrogens (tertiary/aromatic N) is 1. The van der Waals surface area contributed by atoms with Crippen molar-refractivity contribution in [1.29, 1.82) is 0 Å². The predicted octanol–water partition coefficient (Wildman–Crippen LogP) is 4.30. The normalized spacial score (nSPS) is 10.4. The van der Waals surface area contributed by atoms with Crippen LogP contribution in [0.1, 0.15) is 17.0 Å². The molecule has 0 aliphatic rings. The van der Waals surface area contributed by atoms with Gasteiger partial charge in [0.2, 0.25) is 5.89 Å². The zero-order chi connectivity index (χ0) is 20.1. The quantitative estimate of drug-likeness (QED) is 0.665. The highest BCUT2D eigenvalue weighted by molar-refractivity contribution is 5.89. The highest BCUT2D eigenvalue weighted by Crippen LogP contribution is 2.27. The van der Waals surface area contributed by atoms with Gasteiger partial charge in [-0.15, -0.1) is 0 Å². The standard InChI is InChI=1S/C21H23N3O4/c1-13-14(2)28-20(23-13)16-6-5-7-17(11-16)24-21(25)22-12-15-8-9-18(26-3)19(10-15)27-4/h5-11H,12H2,1-4H3,(H2,22,24,25). The average Bonchev–Trinajstić information content (AvgIpc) is 3.05. The maximum Gasteiger partial charge on any atom is 0.319 e. The summed E-state index contributed by atoms with van der Waals surface area (Å²) in [6.07, 6.45) is 0. The number of aryl methyl sites for hydroxylation is 2. The van der Waals surface area contributed by atoms with E-state index in [1.165, 1.54) is 0 Å². The number of carbonyl (C=O) groups excluding carboxylic acids is 1. The number of ether oxygens (including phenoxy) is 2. The fourth-order valence-corrected chi connectivity index (χ4v) is 2.67. The second-order valence-corrected chi connectivity index (χ2v) is 6.24. The topological polar surface area (TPSA) is 85.6 Å². The number of benzene rings is 2. The van der Waals surface area contributed by atoms with Gasteiger partial charge in [0.25, 0.3) is 0 Å². The number of urea groups is 1. The number of carbonyl (C=O) groups is 1. The van der Waals surface area contributed by atoms with E-state index in [-0.39, 0.29) is 6.03 Å². The molecule has 0 aliphatic heterocycles. The number of anilines is 1. The van der Waals surface area contributed by atoms with E-state index in [2.05, 4.69) is 15.6 Å². The van der Waals surface area contributed by atoms with Crippen LogP contribution in [0.5, 0.6) is 11.5 Å². The first-order chi connectivity index (χ1) is 13.5. The summed E-state index contributed by atoms with van der Waals surface area (Å²) in [5, 5.41) is 5.64. The first-order valence-electron chi connectivity index (χ1n) is 8.80. The molecule has 0 saturated heterocycles. The number of amides is 2. The van der Waals surface area contributed by atoms with Gasteiger partial charge < -0.3 is 24.5 Å². The van der Waals surface area contributed by atoms with Crippen LogP contribution in [-0.2, 0) is 6.54 Å². The second-order valence-electron chi connectivity index (χ2n) is 6.24. The van der Waals surface area contributed by atoms with E-state index >= 15 is 0 Å². The number of oxazole rings is 1. The molecule has 1 heterocycles. The number of aromatic nitrogens is 1. The fourth-order valence-electron chi connectivity index (χ4n) is 2.67. The molecule has 0 fully saturated rings. The van der Waals surface area contributed by atoms with Crippen molar-refractivity contribution in [3.05, 3.63) is 59.5 Å². The smallest absolute Gasteiger partial charge is 0.319 e. The zero-order valence-corrected chi connectivity index (χ0v) is 16.3. The Morgan fingerprint density at radius 2 is 1.86 bits per heavy atom. The van der Waals surface area contributed by atoms with E-state index in [0.29, 0.717) is 29.6 Å². The van der Waals surface area contributed by atoms with Gasteiger partial charge in [-0.2, -0.15) is 0 Å². The van der Waals surface area contributed by atoms with Crippen molar-refractivity contribution >= 4 is 11.7 Å². The molecule has 0 bridgehead atoms. The van der Waals surface area contributed by atoms with Gasteiger partial charge in [0.05, 0.1) is 19.9 Å². The predicted molar refractivity (Wildman–Crippen MR) is 107 cm³/mol. The molecule has 0 aliphatic carbocycles. The molecule has 3 aromatic rings. The van der Waals surface area contributed by atoms with Crippen LogP contribution >= 0.6 is 0 Å². The lowest BCUT2D eigenvalue weighted by atomic mass is 10.2. The zero-order valence-electron chi connectivity index (χ0n) is 16.3. The van der Waals surface area contributed by atoms with Crippen molar-refractivity contribution in [2.45, 2.75) is 20.4 Å². The van der Waals surface area contributed by atoms with Crippen LogP contribution in [-0.4, -0.2) is 25.2 Å². The third-order valence-electron chi connectivity index (χ3n) is 4.30. The van der Waals surface area contributed by atoms with Crippen LogP contribution in [0.15, 0.2) is 46.9 Å². The lowest BCUT2D eigenvalue weighted by molar-refractivity contribution is 0.251. The maximum atomic E-state index is 12.3. The van der Waals surface area contributed by atoms with Crippen molar-refractivity contribution in [1.82, 2.24) is 10.3 Å². The summed E-state index contributed by atoms with van der Waals surface area (Å²) in [4.78, 5) is 16.6. The van der Waals surface area contributed by atoms with Gasteiger partial charge in [0.1, 0.15) is 5.76 Å². The van der Waals surface area contributed by atoms with Crippen molar-refractivity contribution in [2.75, 3.05) is 19.5 Å². The molecule has 1 aromatic heterocycles. The number of hydrogen-bond acceptors (Lipinski definition) is 5. The van der Waals surface area contributed by atoms with Crippen LogP contribution < -0.4 is 20.1 Å². The third kappa shape index (κ3) is 4.43. The van der Waals surface area contributed by atoms with E-state index in [4.69, 9.17) is 13.9 Å². The molecular weight excluding hydrogens is 358 g/mol. The molecule has 146 valence electrons. The van der Waals surface area contributed by atoms with Gasteiger partial charge in [0.15, 0.2) is 11.5 Å². The van der Waals surface area contributed by atoms with E-state index in [1.807, 2.05) is 50.2 Å². The van der Waals surface area contributed by atoms with Gasteiger partial charge in [0, 0.05) is 17.8 Å². The molecule has 0 radical (unpaired) electrons. The molecule has 7 nitrogen and oxygen atoms in total. The number of rotatable bonds is 6. The van der Waals surface area contributed by atoms with Crippen LogP contribution in [0.4, 0.5) is 10.5 Å². The Balaban J connectivity index is 1.63. The Morgan fingerprint density at radius 1 is 1.07 bits per heavy atom. The molecular formula is C21H23N3O4. The maximum absolute atomic E-state index is 12.3. The number of nitrogens with one attached hydrogen (secondary N) is 2. The second kappa shape index (κ2) is 8.47. The summed E-state index contributed by atoms with van der Waals surface area (Å²) in [5.74, 6) is 2.57. The summed E-state index contributed by atoms with van der Waals surface area (Å²) in [6.45, 7) is 4.12. The molecule has 0 unspecified atom stereocenters. The molecule has 0 atom stereocenters. The highest BCUT2D eigenvalue weighted by Gasteiger charge is 2.10. The van der Waals surface area contributed by atoms with E-state index in [0.717, 1.165) is 22.6 Å². The van der Waals surface area contributed by atoms with Crippen molar-refractivity contribution in [3.8, 4) is 23.0 Å². The SMILES string of the molecule is COc1ccc(CNC(=O)Nc2cccc(-c3nc(C)c(C)o3)c2)cc1OC. The average molecular weight is 381 g/mol. The Morgan fingerprint density at radius 3 is 2.54 bits per heavy atom. The summed E-state index contributed by atoms with van der Waals surface area (Å²) < 4.78 is 16.1. The van der Waals surface area contributed by atoms with Gasteiger partial charge in [-0.3, -0.25) is 0 Å². The third-order valence-corrected chi connectivity index (χ3v) is 4.30. The van der Waals surface area contributed by atoms with Crippen molar-refractivity contribution < 1.29 is 18.7 Å². The van der Waals surface area contributed by atoms with Gasteiger partial charge in [-0.25, -0.2) is 9.78 Å². The van der Waals surface area contributed by atoms with Crippen LogP contribution in [0.3, 0.4) is 0 Å². The van der Waals surface area contributed by atoms with Crippen molar-refractivity contribution in [2.24, 2.45) is 0 Å². The monoisotopic (exact) mass is 381 g/mol. The lowest BCUT2D eigenvalue weighted by Gasteiger charge is -2.11. The minimum atomic E-state index is -0.313. The van der Waals surface area contributed by atoms with E-state index in [1.54, 1.807) is 20.3 Å². The summed E-state index contributed by atoms with van der Waals surface area (Å²) in [5.41, 5.74) is 3.19. The van der Waals surface area contributed by atoms with Gasteiger partial charge in [-0.1, -0.05) is 12.1 Å². The molecule has 3 rings (SSSR count). The minimum Gasteiger partial charge on any atom is -0.493 e. The first kappa shape index (κ1) is 19.3. The molecule has 2 amide bonds. The number of methoxy groups -OCH3 is 2. The molecule has 7 heteroatoms. The highest BCUT2D eigenvalue weighted by atomic mass is 16.5. The fraction of sp³-hybridized carbons (Fsp3) is 0.238. The molecule has 0 spiro atoms. The Kier molecular flexibility index (Phi) is 5.84. The number of hydrogen-bond donors (Lipinski definition) is 2. The summed E-state index contributed by atoms with van der Waals surface area (Å²) >= 11 is 0. The Hall–Kier alpha value is -3.48. The molecule has 0 saturated carbocycles. The minimum absolute atomic E-state index is 0.313. The Bertz CT molecular complexity index is 962. The Labute approximate surface area is 163 Å².